The lowest BCUT2D eigenvalue weighted by Crippen LogP contribution is -2.33. The number of amides is 1. The van der Waals surface area contributed by atoms with Crippen LogP contribution in [0.1, 0.15) is 20.3 Å². The second-order valence-electron chi connectivity index (χ2n) is 3.43. The van der Waals surface area contributed by atoms with Crippen LogP contribution >= 0.6 is 11.3 Å². The van der Waals surface area contributed by atoms with Crippen LogP contribution in [0.2, 0.25) is 0 Å². The number of thiazole rings is 1. The van der Waals surface area contributed by atoms with Crippen LogP contribution in [0.3, 0.4) is 0 Å². The van der Waals surface area contributed by atoms with E-state index in [4.69, 9.17) is 5.26 Å². The Kier molecular flexibility index (Phi) is 5.17. The van der Waals surface area contributed by atoms with Crippen LogP contribution in [-0.4, -0.2) is 16.9 Å². The number of nitrogens with zero attached hydrogens (tertiary/aromatic N) is 2. The topological polar surface area (TPSA) is 77.8 Å². The summed E-state index contributed by atoms with van der Waals surface area (Å²) in [5, 5.41) is 16.9. The van der Waals surface area contributed by atoms with Gasteiger partial charge in [-0.2, -0.15) is 5.26 Å². The molecule has 1 aromatic rings. The first-order valence-electron chi connectivity index (χ1n) is 5.24. The predicted octanol–water partition coefficient (Wildman–Crippen LogP) is 1.88. The number of nitrogens with one attached hydrogen (secondary N) is 2. The number of aromatic nitrogens is 1. The summed E-state index contributed by atoms with van der Waals surface area (Å²) in [4.78, 5) is 15.6. The number of carbonyl (C=O) groups is 1. The van der Waals surface area contributed by atoms with E-state index >= 15 is 0 Å². The van der Waals surface area contributed by atoms with E-state index in [1.165, 1.54) is 17.5 Å². The molecule has 1 rings (SSSR count). The maximum absolute atomic E-state index is 11.6. The first-order chi connectivity index (χ1) is 8.17. The van der Waals surface area contributed by atoms with Gasteiger partial charge in [0.2, 0.25) is 0 Å². The summed E-state index contributed by atoms with van der Waals surface area (Å²) in [5.74, 6) is -0.370. The lowest BCUT2D eigenvalue weighted by Gasteiger charge is -2.10. The Hall–Kier alpha value is -1.87. The Balaban J connectivity index is 2.62. The molecule has 0 aromatic carbocycles. The van der Waals surface area contributed by atoms with Crippen molar-refractivity contribution in [3.05, 3.63) is 23.3 Å². The summed E-state index contributed by atoms with van der Waals surface area (Å²) in [7, 11) is 0. The van der Waals surface area contributed by atoms with Gasteiger partial charge in [0.05, 0.1) is 0 Å². The third-order valence-corrected chi connectivity index (χ3v) is 2.83. The highest BCUT2D eigenvalue weighted by atomic mass is 32.1. The highest BCUT2D eigenvalue weighted by molar-refractivity contribution is 7.13. The van der Waals surface area contributed by atoms with E-state index in [0.29, 0.717) is 5.13 Å². The van der Waals surface area contributed by atoms with Gasteiger partial charge in [0.25, 0.3) is 5.91 Å². The van der Waals surface area contributed by atoms with Gasteiger partial charge < -0.3 is 10.6 Å². The molecule has 90 valence electrons. The molecule has 1 amide bonds. The summed E-state index contributed by atoms with van der Waals surface area (Å²) in [6.45, 7) is 3.86. The molecule has 17 heavy (non-hydrogen) atoms. The molecule has 0 saturated heterocycles. The van der Waals surface area contributed by atoms with Crippen molar-refractivity contribution < 1.29 is 4.79 Å². The molecule has 0 spiro atoms. The molecule has 1 atom stereocenters. The average Bonchev–Trinajstić information content (AvgIpc) is 2.82. The molecule has 6 heteroatoms. The predicted molar refractivity (Wildman–Crippen MR) is 67.3 cm³/mol. The molecule has 0 radical (unpaired) electrons. The fourth-order valence-electron chi connectivity index (χ4n) is 0.981. The van der Waals surface area contributed by atoms with Gasteiger partial charge >= 0.3 is 0 Å². The molecule has 0 aliphatic carbocycles. The normalized spacial score (nSPS) is 12.6. The van der Waals surface area contributed by atoms with Gasteiger partial charge in [-0.25, -0.2) is 4.98 Å². The number of hydrogen-bond donors (Lipinski definition) is 2. The molecular weight excluding hydrogens is 236 g/mol. The second kappa shape index (κ2) is 6.66. The van der Waals surface area contributed by atoms with Gasteiger partial charge in [0.1, 0.15) is 11.6 Å². The Morgan fingerprint density at radius 1 is 1.76 bits per heavy atom. The Morgan fingerprint density at radius 2 is 2.53 bits per heavy atom. The lowest BCUT2D eigenvalue weighted by atomic mass is 10.2. The third-order valence-electron chi connectivity index (χ3n) is 2.13. The summed E-state index contributed by atoms with van der Waals surface area (Å²) in [5.41, 5.74) is 0.0421. The summed E-state index contributed by atoms with van der Waals surface area (Å²) in [6, 6.07) is 1.91. The fourth-order valence-corrected chi connectivity index (χ4v) is 1.48. The SMILES string of the molecule is CCC(C)NC(=O)/C(C#N)=C\Nc1nccs1. The van der Waals surface area contributed by atoms with E-state index < -0.39 is 0 Å². The quantitative estimate of drug-likeness (QED) is 0.618. The van der Waals surface area contributed by atoms with E-state index in [-0.39, 0.29) is 17.5 Å². The van der Waals surface area contributed by atoms with Crippen LogP contribution in [-0.2, 0) is 4.79 Å². The Bertz CT molecular complexity index is 433. The second-order valence-corrected chi connectivity index (χ2v) is 4.33. The van der Waals surface area contributed by atoms with Crippen molar-refractivity contribution in [2.45, 2.75) is 26.3 Å². The molecule has 5 nitrogen and oxygen atoms in total. The van der Waals surface area contributed by atoms with Crippen molar-refractivity contribution in [2.24, 2.45) is 0 Å². The van der Waals surface area contributed by atoms with Gasteiger partial charge in [-0.1, -0.05) is 6.92 Å². The average molecular weight is 250 g/mol. The van der Waals surface area contributed by atoms with E-state index in [9.17, 15) is 4.79 Å². The minimum Gasteiger partial charge on any atom is -0.349 e. The van der Waals surface area contributed by atoms with E-state index in [1.54, 1.807) is 11.6 Å². The summed E-state index contributed by atoms with van der Waals surface area (Å²) >= 11 is 1.40. The highest BCUT2D eigenvalue weighted by Gasteiger charge is 2.10. The van der Waals surface area contributed by atoms with Gasteiger partial charge in [0.15, 0.2) is 5.13 Å². The van der Waals surface area contributed by atoms with Crippen molar-refractivity contribution in [1.29, 1.82) is 5.26 Å². The van der Waals surface area contributed by atoms with E-state index in [2.05, 4.69) is 15.6 Å². The van der Waals surface area contributed by atoms with Crippen LogP contribution in [0, 0.1) is 11.3 Å². The summed E-state index contributed by atoms with van der Waals surface area (Å²) in [6.07, 6.45) is 3.84. The zero-order chi connectivity index (χ0) is 12.7. The standard InChI is InChI=1S/C11H14N4OS/c1-3-8(2)15-10(16)9(6-12)7-14-11-13-4-5-17-11/h4-5,7-8H,3H2,1-2H3,(H,13,14)(H,15,16)/b9-7-. The number of carbonyl (C=O) groups excluding carboxylic acids is 1. The van der Waals surface area contributed by atoms with Crippen molar-refractivity contribution >= 4 is 22.4 Å². The van der Waals surface area contributed by atoms with Gasteiger partial charge in [0, 0.05) is 23.8 Å². The first kappa shape index (κ1) is 13.2. The summed E-state index contributed by atoms with van der Waals surface area (Å²) < 4.78 is 0. The molecule has 0 bridgehead atoms. The third kappa shape index (κ3) is 4.25. The molecule has 1 aromatic heterocycles. The lowest BCUT2D eigenvalue weighted by molar-refractivity contribution is -0.117. The maximum Gasteiger partial charge on any atom is 0.263 e. The Morgan fingerprint density at radius 3 is 3.06 bits per heavy atom. The number of rotatable bonds is 5. The first-order valence-corrected chi connectivity index (χ1v) is 6.12. The highest BCUT2D eigenvalue weighted by Crippen LogP contribution is 2.10. The number of hydrogen-bond acceptors (Lipinski definition) is 5. The van der Waals surface area contributed by atoms with Crippen LogP contribution < -0.4 is 10.6 Å². The van der Waals surface area contributed by atoms with E-state index in [0.717, 1.165) is 6.42 Å². The molecule has 2 N–H and O–H groups in total. The Labute approximate surface area is 104 Å². The minimum atomic E-state index is -0.370. The van der Waals surface area contributed by atoms with Crippen molar-refractivity contribution in [3.63, 3.8) is 0 Å². The van der Waals surface area contributed by atoms with Crippen LogP contribution in [0.25, 0.3) is 0 Å². The van der Waals surface area contributed by atoms with Crippen molar-refractivity contribution in [2.75, 3.05) is 5.32 Å². The van der Waals surface area contributed by atoms with Crippen LogP contribution in [0.15, 0.2) is 23.3 Å². The fraction of sp³-hybridized carbons (Fsp3) is 0.364. The van der Waals surface area contributed by atoms with Gasteiger partial charge in [-0.15, -0.1) is 11.3 Å². The molecule has 0 fully saturated rings. The molecule has 0 saturated carbocycles. The van der Waals surface area contributed by atoms with Crippen LogP contribution in [0.4, 0.5) is 5.13 Å². The smallest absolute Gasteiger partial charge is 0.263 e. The van der Waals surface area contributed by atoms with Crippen molar-refractivity contribution in [1.82, 2.24) is 10.3 Å². The maximum atomic E-state index is 11.6. The number of nitriles is 1. The molecule has 1 unspecified atom stereocenters. The monoisotopic (exact) mass is 250 g/mol. The largest absolute Gasteiger partial charge is 0.349 e. The zero-order valence-corrected chi connectivity index (χ0v) is 10.5. The molecular formula is C11H14N4OS. The van der Waals surface area contributed by atoms with E-state index in [1.807, 2.05) is 19.9 Å². The minimum absolute atomic E-state index is 0.0421. The zero-order valence-electron chi connectivity index (χ0n) is 9.73. The molecule has 1 heterocycles. The van der Waals surface area contributed by atoms with Crippen molar-refractivity contribution in [3.8, 4) is 6.07 Å². The van der Waals surface area contributed by atoms with Gasteiger partial charge in [-0.05, 0) is 13.3 Å². The number of anilines is 1. The van der Waals surface area contributed by atoms with Gasteiger partial charge in [-0.3, -0.25) is 4.79 Å². The van der Waals surface area contributed by atoms with Crippen LogP contribution in [0.5, 0.6) is 0 Å². The molecule has 0 aliphatic rings. The molecule has 0 aliphatic heterocycles.